The van der Waals surface area contributed by atoms with E-state index in [4.69, 9.17) is 0 Å². The Hall–Kier alpha value is -2.77. The highest BCUT2D eigenvalue weighted by Crippen LogP contribution is 2.26. The second-order valence-electron chi connectivity index (χ2n) is 6.44. The van der Waals surface area contributed by atoms with Gasteiger partial charge in [0.1, 0.15) is 19.2 Å². The maximum Gasteiger partial charge on any atom is 0.254 e. The van der Waals surface area contributed by atoms with E-state index in [1.807, 2.05) is 11.0 Å². The van der Waals surface area contributed by atoms with Gasteiger partial charge in [0.15, 0.2) is 0 Å². The number of hydrogen-bond donors (Lipinski definition) is 0. The Morgan fingerprint density at radius 1 is 1.32 bits per heavy atom. The van der Waals surface area contributed by atoms with Crippen molar-refractivity contribution < 1.29 is 9.59 Å². The molecule has 3 heterocycles. The predicted molar refractivity (Wildman–Crippen MR) is 90.8 cm³/mol. The minimum atomic E-state index is -0.0627. The summed E-state index contributed by atoms with van der Waals surface area (Å²) in [6, 6.07) is 3.70. The highest BCUT2D eigenvalue weighted by molar-refractivity contribution is 5.93. The number of aromatic nitrogens is 4. The number of rotatable bonds is 4. The van der Waals surface area contributed by atoms with Gasteiger partial charge in [0, 0.05) is 45.0 Å². The van der Waals surface area contributed by atoms with E-state index in [1.54, 1.807) is 32.7 Å². The summed E-state index contributed by atoms with van der Waals surface area (Å²) in [4.78, 5) is 36.1. The van der Waals surface area contributed by atoms with Crippen LogP contribution >= 0.6 is 0 Å². The molecule has 0 N–H and O–H groups in total. The number of pyridine rings is 1. The van der Waals surface area contributed by atoms with Gasteiger partial charge >= 0.3 is 0 Å². The zero-order valence-electron chi connectivity index (χ0n) is 14.5. The van der Waals surface area contributed by atoms with Crippen LogP contribution in [0.4, 0.5) is 0 Å². The van der Waals surface area contributed by atoms with Crippen molar-refractivity contribution in [1.82, 2.24) is 29.5 Å². The van der Waals surface area contributed by atoms with Crippen LogP contribution in [0.1, 0.15) is 34.8 Å². The van der Waals surface area contributed by atoms with Crippen LogP contribution in [-0.4, -0.2) is 68.5 Å². The summed E-state index contributed by atoms with van der Waals surface area (Å²) in [5.74, 6) is 0.166. The third-order valence-electron chi connectivity index (χ3n) is 4.40. The van der Waals surface area contributed by atoms with Crippen LogP contribution < -0.4 is 0 Å². The van der Waals surface area contributed by atoms with Crippen molar-refractivity contribution in [2.24, 2.45) is 0 Å². The monoisotopic (exact) mass is 342 g/mol. The number of amides is 2. The average Bonchev–Trinajstić information content (AvgIpc) is 3.14. The van der Waals surface area contributed by atoms with E-state index in [1.165, 1.54) is 15.9 Å². The molecule has 0 aromatic carbocycles. The van der Waals surface area contributed by atoms with E-state index >= 15 is 0 Å². The molecule has 1 fully saturated rings. The maximum absolute atomic E-state index is 12.4. The quantitative estimate of drug-likeness (QED) is 0.820. The highest BCUT2D eigenvalue weighted by atomic mass is 16.2. The fourth-order valence-electron chi connectivity index (χ4n) is 3.03. The zero-order chi connectivity index (χ0) is 17.8. The van der Waals surface area contributed by atoms with E-state index in [0.717, 1.165) is 25.1 Å². The van der Waals surface area contributed by atoms with Crippen LogP contribution in [0.25, 0.3) is 0 Å². The summed E-state index contributed by atoms with van der Waals surface area (Å²) < 4.78 is 1.53. The van der Waals surface area contributed by atoms with E-state index in [0.29, 0.717) is 12.1 Å². The van der Waals surface area contributed by atoms with E-state index < -0.39 is 0 Å². The Bertz CT molecular complexity index is 726. The third kappa shape index (κ3) is 4.01. The molecule has 1 aliphatic rings. The summed E-state index contributed by atoms with van der Waals surface area (Å²) in [5, 5.41) is 3.98. The molecule has 0 spiro atoms. The first-order valence-corrected chi connectivity index (χ1v) is 8.32. The van der Waals surface area contributed by atoms with Gasteiger partial charge in [-0.25, -0.2) is 9.67 Å². The lowest BCUT2D eigenvalue weighted by atomic mass is 9.94. The van der Waals surface area contributed by atoms with Gasteiger partial charge in [-0.2, -0.15) is 5.10 Å². The van der Waals surface area contributed by atoms with Gasteiger partial charge in [-0.3, -0.25) is 14.6 Å². The number of hydrogen-bond acceptors (Lipinski definition) is 5. The maximum atomic E-state index is 12.4. The van der Waals surface area contributed by atoms with Gasteiger partial charge in [0.05, 0.1) is 5.56 Å². The number of carbonyl (C=O) groups is 2. The normalized spacial score (nSPS) is 17.4. The molecular weight excluding hydrogens is 320 g/mol. The molecule has 0 unspecified atom stereocenters. The number of nitrogens with zero attached hydrogens (tertiary/aromatic N) is 6. The third-order valence-corrected chi connectivity index (χ3v) is 4.40. The summed E-state index contributed by atoms with van der Waals surface area (Å²) in [6.07, 6.45) is 6.51. The molecule has 1 saturated heterocycles. The summed E-state index contributed by atoms with van der Waals surface area (Å²) in [5.41, 5.74) is 1.50. The van der Waals surface area contributed by atoms with Gasteiger partial charge in [-0.1, -0.05) is 0 Å². The molecule has 8 heteroatoms. The molecule has 8 nitrogen and oxygen atoms in total. The van der Waals surface area contributed by atoms with Gasteiger partial charge in [0.25, 0.3) is 5.91 Å². The molecule has 0 saturated carbocycles. The molecular formula is C17H22N6O2. The fourth-order valence-corrected chi connectivity index (χ4v) is 3.03. The second kappa shape index (κ2) is 7.42. The summed E-state index contributed by atoms with van der Waals surface area (Å²) >= 11 is 0. The lowest BCUT2D eigenvalue weighted by Gasteiger charge is -2.32. The van der Waals surface area contributed by atoms with Crippen LogP contribution in [0.5, 0.6) is 0 Å². The minimum absolute atomic E-state index is 0.0367. The fraction of sp³-hybridized carbons (Fsp3) is 0.471. The molecule has 2 aromatic rings. The van der Waals surface area contributed by atoms with Gasteiger partial charge in [0.2, 0.25) is 5.91 Å². The Morgan fingerprint density at radius 2 is 2.16 bits per heavy atom. The molecule has 0 aliphatic carbocycles. The molecule has 1 aliphatic heterocycles. The van der Waals surface area contributed by atoms with Crippen molar-refractivity contribution in [1.29, 1.82) is 0 Å². The highest BCUT2D eigenvalue weighted by Gasteiger charge is 2.26. The standard InChI is InChI=1S/C17H22N6O2/c1-21(2)17(25)13-5-6-15(19-8-13)14-4-3-7-22(9-14)16(24)10-23-12-18-11-20-23/h5-6,8,11-12,14H,3-4,7,9-10H2,1-2H3/t14-/m1/s1. The Morgan fingerprint density at radius 3 is 2.80 bits per heavy atom. The van der Waals surface area contributed by atoms with E-state index in [2.05, 4.69) is 15.1 Å². The molecule has 2 aromatic heterocycles. The Balaban J connectivity index is 1.64. The summed E-state index contributed by atoms with van der Waals surface area (Å²) in [6.45, 7) is 1.60. The van der Waals surface area contributed by atoms with E-state index in [9.17, 15) is 9.59 Å². The first-order chi connectivity index (χ1) is 12.0. The van der Waals surface area contributed by atoms with Crippen LogP contribution in [-0.2, 0) is 11.3 Å². The van der Waals surface area contributed by atoms with Crippen molar-refractivity contribution in [3.05, 3.63) is 42.2 Å². The Kier molecular flexibility index (Phi) is 5.06. The Labute approximate surface area is 146 Å². The first kappa shape index (κ1) is 17.1. The van der Waals surface area contributed by atoms with Crippen molar-refractivity contribution in [3.8, 4) is 0 Å². The predicted octanol–water partition coefficient (Wildman–Crippen LogP) is 0.781. The van der Waals surface area contributed by atoms with Crippen LogP contribution in [0, 0.1) is 0 Å². The summed E-state index contributed by atoms with van der Waals surface area (Å²) in [7, 11) is 3.44. The average molecular weight is 342 g/mol. The number of likely N-dealkylation sites (tertiary alicyclic amines) is 1. The molecule has 25 heavy (non-hydrogen) atoms. The molecule has 2 amide bonds. The zero-order valence-corrected chi connectivity index (χ0v) is 14.5. The number of carbonyl (C=O) groups excluding carboxylic acids is 2. The van der Waals surface area contributed by atoms with E-state index in [-0.39, 0.29) is 24.3 Å². The minimum Gasteiger partial charge on any atom is -0.345 e. The molecule has 0 bridgehead atoms. The van der Waals surface area contributed by atoms with Crippen molar-refractivity contribution in [2.75, 3.05) is 27.2 Å². The molecule has 132 valence electrons. The van der Waals surface area contributed by atoms with Crippen molar-refractivity contribution in [3.63, 3.8) is 0 Å². The second-order valence-corrected chi connectivity index (χ2v) is 6.44. The largest absolute Gasteiger partial charge is 0.345 e. The van der Waals surface area contributed by atoms with Crippen molar-refractivity contribution >= 4 is 11.8 Å². The van der Waals surface area contributed by atoms with Crippen LogP contribution in [0.15, 0.2) is 31.0 Å². The topological polar surface area (TPSA) is 84.2 Å². The van der Waals surface area contributed by atoms with Gasteiger partial charge < -0.3 is 9.80 Å². The first-order valence-electron chi connectivity index (χ1n) is 8.32. The van der Waals surface area contributed by atoms with Crippen molar-refractivity contribution in [2.45, 2.75) is 25.3 Å². The molecule has 0 radical (unpaired) electrons. The SMILES string of the molecule is CN(C)C(=O)c1ccc([C@@H]2CCCN(C(=O)Cn3cncn3)C2)nc1. The van der Waals surface area contributed by atoms with Gasteiger partial charge in [-0.15, -0.1) is 0 Å². The molecule has 3 rings (SSSR count). The number of piperidine rings is 1. The molecule has 1 atom stereocenters. The van der Waals surface area contributed by atoms with Gasteiger partial charge in [-0.05, 0) is 25.0 Å². The lowest BCUT2D eigenvalue weighted by Crippen LogP contribution is -2.41. The van der Waals surface area contributed by atoms with Crippen LogP contribution in [0.3, 0.4) is 0 Å². The lowest BCUT2D eigenvalue weighted by molar-refractivity contribution is -0.133. The van der Waals surface area contributed by atoms with Crippen LogP contribution in [0.2, 0.25) is 0 Å². The smallest absolute Gasteiger partial charge is 0.254 e.